The van der Waals surface area contributed by atoms with E-state index in [0.29, 0.717) is 13.1 Å². The van der Waals surface area contributed by atoms with Crippen molar-refractivity contribution in [3.05, 3.63) is 29.8 Å². The molecule has 1 heterocycles. The van der Waals surface area contributed by atoms with E-state index in [4.69, 9.17) is 9.84 Å². The molecule has 0 saturated carbocycles. The minimum absolute atomic E-state index is 0.0664. The van der Waals surface area contributed by atoms with Crippen LogP contribution < -0.4 is 4.74 Å². The number of likely N-dealkylation sites (tertiary alicyclic amines) is 1. The molecule has 128 valence electrons. The molecule has 1 aromatic rings. The van der Waals surface area contributed by atoms with Gasteiger partial charge in [-0.1, -0.05) is 19.1 Å². The summed E-state index contributed by atoms with van der Waals surface area (Å²) in [4.78, 5) is 13.7. The summed E-state index contributed by atoms with van der Waals surface area (Å²) in [5.74, 6) is 0.174. The minimum atomic E-state index is -1.41. The summed E-state index contributed by atoms with van der Waals surface area (Å²) in [5, 5.41) is 28.8. The van der Waals surface area contributed by atoms with Crippen LogP contribution in [0.4, 0.5) is 0 Å². The van der Waals surface area contributed by atoms with Gasteiger partial charge in [-0.2, -0.15) is 0 Å². The molecule has 1 aliphatic rings. The highest BCUT2D eigenvalue weighted by Crippen LogP contribution is 2.45. The molecule has 6 heteroatoms. The van der Waals surface area contributed by atoms with Crippen LogP contribution in [0.2, 0.25) is 0 Å². The summed E-state index contributed by atoms with van der Waals surface area (Å²) >= 11 is 0. The fourth-order valence-electron chi connectivity index (χ4n) is 3.22. The molecule has 0 aliphatic carbocycles. The molecule has 1 fully saturated rings. The van der Waals surface area contributed by atoms with Gasteiger partial charge in [-0.05, 0) is 24.6 Å². The van der Waals surface area contributed by atoms with E-state index < -0.39 is 30.1 Å². The largest absolute Gasteiger partial charge is 0.497 e. The standard InChI is InChI=1S/C17H25NO5/c1-11(20)17(2)10-18(16(22)15(21)9-19)8-14(17)12-4-6-13(23-3)7-5-12/h4-7,11,14-15,19-21H,8-10H2,1-3H3/t11-,14+,15+,17+/m1/s1. The first-order chi connectivity index (χ1) is 10.8. The maximum Gasteiger partial charge on any atom is 0.253 e. The number of ether oxygens (including phenoxy) is 1. The minimum Gasteiger partial charge on any atom is -0.497 e. The van der Waals surface area contributed by atoms with E-state index in [1.165, 1.54) is 4.90 Å². The van der Waals surface area contributed by atoms with Crippen molar-refractivity contribution in [2.45, 2.75) is 32.0 Å². The highest BCUT2D eigenvalue weighted by molar-refractivity contribution is 5.81. The van der Waals surface area contributed by atoms with E-state index in [1.54, 1.807) is 14.0 Å². The van der Waals surface area contributed by atoms with Crippen molar-refractivity contribution in [3.63, 3.8) is 0 Å². The fourth-order valence-corrected chi connectivity index (χ4v) is 3.22. The van der Waals surface area contributed by atoms with Gasteiger partial charge in [-0.3, -0.25) is 4.79 Å². The maximum absolute atomic E-state index is 12.2. The quantitative estimate of drug-likeness (QED) is 0.728. The van der Waals surface area contributed by atoms with Gasteiger partial charge in [0.1, 0.15) is 5.75 Å². The average molecular weight is 323 g/mol. The summed E-state index contributed by atoms with van der Waals surface area (Å²) < 4.78 is 5.16. The number of methoxy groups -OCH3 is 1. The monoisotopic (exact) mass is 323 g/mol. The van der Waals surface area contributed by atoms with Crippen molar-refractivity contribution in [2.24, 2.45) is 5.41 Å². The Balaban J connectivity index is 2.30. The van der Waals surface area contributed by atoms with Gasteiger partial charge < -0.3 is 25.0 Å². The third-order valence-electron chi connectivity index (χ3n) is 4.97. The van der Waals surface area contributed by atoms with Gasteiger partial charge in [-0.25, -0.2) is 0 Å². The van der Waals surface area contributed by atoms with Gasteiger partial charge in [-0.15, -0.1) is 0 Å². The van der Waals surface area contributed by atoms with Gasteiger partial charge in [0, 0.05) is 24.4 Å². The number of carbonyl (C=O) groups excluding carboxylic acids is 1. The molecule has 2 rings (SSSR count). The molecule has 0 spiro atoms. The Bertz CT molecular complexity index is 544. The van der Waals surface area contributed by atoms with Crippen molar-refractivity contribution in [1.29, 1.82) is 0 Å². The van der Waals surface area contributed by atoms with Gasteiger partial charge >= 0.3 is 0 Å². The van der Waals surface area contributed by atoms with Crippen LogP contribution in [-0.2, 0) is 4.79 Å². The number of amides is 1. The molecule has 1 aromatic carbocycles. The summed E-state index contributed by atoms with van der Waals surface area (Å²) in [6, 6.07) is 7.57. The normalized spacial score (nSPS) is 26.9. The number of rotatable bonds is 5. The lowest BCUT2D eigenvalue weighted by Crippen LogP contribution is -2.42. The topological polar surface area (TPSA) is 90.2 Å². The summed E-state index contributed by atoms with van der Waals surface area (Å²) in [6.45, 7) is 3.77. The zero-order valence-corrected chi connectivity index (χ0v) is 13.8. The summed E-state index contributed by atoms with van der Waals surface area (Å²) in [5.41, 5.74) is 0.474. The van der Waals surface area contributed by atoms with Crippen LogP contribution in [0.1, 0.15) is 25.3 Å². The van der Waals surface area contributed by atoms with Crippen LogP contribution >= 0.6 is 0 Å². The van der Waals surface area contributed by atoms with Crippen LogP contribution in [0.25, 0.3) is 0 Å². The first-order valence-corrected chi connectivity index (χ1v) is 7.73. The summed E-state index contributed by atoms with van der Waals surface area (Å²) in [6.07, 6.45) is -2.04. The zero-order valence-electron chi connectivity index (χ0n) is 13.8. The van der Waals surface area contributed by atoms with E-state index in [2.05, 4.69) is 0 Å². The number of hydrogen-bond donors (Lipinski definition) is 3. The van der Waals surface area contributed by atoms with Gasteiger partial charge in [0.25, 0.3) is 5.91 Å². The first kappa shape index (κ1) is 17.7. The van der Waals surface area contributed by atoms with E-state index in [0.717, 1.165) is 11.3 Å². The predicted octanol–water partition coefficient (Wildman–Crippen LogP) is 0.361. The Morgan fingerprint density at radius 3 is 2.48 bits per heavy atom. The van der Waals surface area contributed by atoms with E-state index >= 15 is 0 Å². The molecular formula is C17H25NO5. The highest BCUT2D eigenvalue weighted by atomic mass is 16.5. The third kappa shape index (κ3) is 3.34. The van der Waals surface area contributed by atoms with Crippen molar-refractivity contribution in [3.8, 4) is 5.75 Å². The van der Waals surface area contributed by atoms with Crippen molar-refractivity contribution in [1.82, 2.24) is 4.90 Å². The molecule has 1 amide bonds. The van der Waals surface area contributed by atoms with Crippen molar-refractivity contribution >= 4 is 5.91 Å². The Morgan fingerprint density at radius 2 is 2.00 bits per heavy atom. The molecule has 3 N–H and O–H groups in total. The van der Waals surface area contributed by atoms with E-state index in [9.17, 15) is 15.0 Å². The second-order valence-corrected chi connectivity index (χ2v) is 6.42. The van der Waals surface area contributed by atoms with Gasteiger partial charge in [0.2, 0.25) is 0 Å². The molecule has 0 unspecified atom stereocenters. The van der Waals surface area contributed by atoms with Crippen LogP contribution in [-0.4, -0.2) is 65.1 Å². The molecule has 23 heavy (non-hydrogen) atoms. The molecule has 4 atom stereocenters. The van der Waals surface area contributed by atoms with Crippen LogP contribution in [0.5, 0.6) is 5.75 Å². The Hall–Kier alpha value is -1.63. The number of aliphatic hydroxyl groups is 3. The van der Waals surface area contributed by atoms with Crippen LogP contribution in [0.3, 0.4) is 0 Å². The molecule has 6 nitrogen and oxygen atoms in total. The molecular weight excluding hydrogens is 298 g/mol. The highest BCUT2D eigenvalue weighted by Gasteiger charge is 2.48. The molecule has 0 aromatic heterocycles. The average Bonchev–Trinajstić information content (AvgIpc) is 2.92. The Kier molecular flexibility index (Phi) is 5.29. The third-order valence-corrected chi connectivity index (χ3v) is 4.97. The van der Waals surface area contributed by atoms with Gasteiger partial charge in [0.05, 0.1) is 19.8 Å². The smallest absolute Gasteiger partial charge is 0.253 e. The Morgan fingerprint density at radius 1 is 1.39 bits per heavy atom. The number of benzene rings is 1. The molecule has 1 aliphatic heterocycles. The van der Waals surface area contributed by atoms with E-state index in [1.807, 2.05) is 31.2 Å². The fraction of sp³-hybridized carbons (Fsp3) is 0.588. The maximum atomic E-state index is 12.2. The number of nitrogens with zero attached hydrogens (tertiary/aromatic N) is 1. The van der Waals surface area contributed by atoms with E-state index in [-0.39, 0.29) is 5.92 Å². The molecule has 1 saturated heterocycles. The van der Waals surface area contributed by atoms with Crippen LogP contribution in [0, 0.1) is 5.41 Å². The first-order valence-electron chi connectivity index (χ1n) is 7.73. The summed E-state index contributed by atoms with van der Waals surface area (Å²) in [7, 11) is 1.60. The second-order valence-electron chi connectivity index (χ2n) is 6.42. The second kappa shape index (κ2) is 6.86. The number of aliphatic hydroxyl groups excluding tert-OH is 3. The lowest BCUT2D eigenvalue weighted by atomic mass is 9.72. The SMILES string of the molecule is COc1ccc([C@@H]2CN(C(=O)[C@@H](O)CO)C[C@@]2(C)[C@@H](C)O)cc1. The lowest BCUT2D eigenvalue weighted by Gasteiger charge is -2.33. The van der Waals surface area contributed by atoms with Gasteiger partial charge in [0.15, 0.2) is 6.10 Å². The van der Waals surface area contributed by atoms with Crippen molar-refractivity contribution in [2.75, 3.05) is 26.8 Å². The Labute approximate surface area is 136 Å². The molecule has 0 bridgehead atoms. The number of hydrogen-bond acceptors (Lipinski definition) is 5. The molecule has 0 radical (unpaired) electrons. The lowest BCUT2D eigenvalue weighted by molar-refractivity contribution is -0.141. The van der Waals surface area contributed by atoms with Crippen LogP contribution in [0.15, 0.2) is 24.3 Å². The zero-order chi connectivity index (χ0) is 17.2. The van der Waals surface area contributed by atoms with Crippen molar-refractivity contribution < 1.29 is 24.9 Å². The predicted molar refractivity (Wildman–Crippen MR) is 85.2 cm³/mol. The number of carbonyl (C=O) groups is 1.